The molecule has 0 bridgehead atoms. The molecule has 40 valence electrons. The molecule has 7 heavy (non-hydrogen) atoms. The topological polar surface area (TPSA) is 55.1 Å². The second-order valence-corrected chi connectivity index (χ2v) is 0.246. The Morgan fingerprint density at radius 2 is 1.86 bits per heavy atom. The van der Waals surface area contributed by atoms with Gasteiger partial charge in [-0.2, -0.15) is 6.41 Å². The second kappa shape index (κ2) is 28.2. The summed E-state index contributed by atoms with van der Waals surface area (Å²) in [6, 6.07) is 0. The third kappa shape index (κ3) is 44.5. The van der Waals surface area contributed by atoms with E-state index in [-0.39, 0.29) is 7.43 Å². The fourth-order valence-electron chi connectivity index (χ4n) is 0. The zero-order valence-corrected chi connectivity index (χ0v) is 7.74. The van der Waals surface area contributed by atoms with E-state index in [2.05, 4.69) is 10.6 Å². The molecule has 3 nitrogen and oxygen atoms in total. The Morgan fingerprint density at radius 1 is 1.71 bits per heavy atom. The van der Waals surface area contributed by atoms with Crippen LogP contribution in [0, 0.1) is 7.43 Å². The van der Waals surface area contributed by atoms with Gasteiger partial charge in [-0.05, 0) is 0 Å². The molecule has 0 saturated carbocycles. The van der Waals surface area contributed by atoms with Gasteiger partial charge >= 0.3 is 34.2 Å². The molecule has 0 radical (unpaired) electrons. The summed E-state index contributed by atoms with van der Waals surface area (Å²) in [5, 5.41) is 0. The first-order valence-corrected chi connectivity index (χ1v) is 5.33. The number of carbonyl (C=O) groups excluding carboxylic acids is 1. The third-order valence-corrected chi connectivity index (χ3v) is 0.0589. The van der Waals surface area contributed by atoms with Crippen molar-refractivity contribution in [1.82, 2.24) is 5.43 Å². The van der Waals surface area contributed by atoms with Gasteiger partial charge in [0.15, 0.2) is 0 Å². The molecule has 0 aromatic heterocycles. The molecule has 0 aliphatic carbocycles. The summed E-state index contributed by atoms with van der Waals surface area (Å²) in [7, 11) is 0. The molecule has 1 amide bonds. The van der Waals surface area contributed by atoms with Crippen molar-refractivity contribution in [2.24, 2.45) is 5.84 Å². The van der Waals surface area contributed by atoms with Crippen LogP contribution in [0.2, 0.25) is 0 Å². The van der Waals surface area contributed by atoms with Crippen molar-refractivity contribution >= 4 is 11.2 Å². The van der Waals surface area contributed by atoms with E-state index in [1.165, 1.54) is 6.41 Å². The molecule has 0 saturated heterocycles. The van der Waals surface area contributed by atoms with Crippen molar-refractivity contribution in [2.45, 2.75) is 0 Å². The van der Waals surface area contributed by atoms with Gasteiger partial charge in [0.1, 0.15) is 0 Å². The van der Waals surface area contributed by atoms with Crippen LogP contribution in [0.1, 0.15) is 0 Å². The number of hydrazine groups is 1. The van der Waals surface area contributed by atoms with E-state index in [1.807, 2.05) is 0 Å². The van der Waals surface area contributed by atoms with Crippen LogP contribution in [0.4, 0.5) is 0 Å². The number of nitrogens with two attached hydrogens (primary N) is 1. The van der Waals surface area contributed by atoms with Crippen molar-refractivity contribution in [3.63, 3.8) is 0 Å². The summed E-state index contributed by atoms with van der Waals surface area (Å²) in [5.41, 5.74) is 1.62. The van der Waals surface area contributed by atoms with Gasteiger partial charge in [0.05, 0.1) is 0 Å². The minimum atomic E-state index is 0. The summed E-state index contributed by atoms with van der Waals surface area (Å²) in [4.78, 5) is 8.81. The van der Waals surface area contributed by atoms with Gasteiger partial charge in [-0.1, -0.05) is 0 Å². The van der Waals surface area contributed by atoms with E-state index in [9.17, 15) is 0 Å². The van der Waals surface area contributed by atoms with Gasteiger partial charge in [-0.3, -0.25) is 5.84 Å². The van der Waals surface area contributed by atoms with Crippen LogP contribution < -0.4 is 11.3 Å². The molecule has 0 heterocycles. The standard InChI is InChI=1S/CH3N2O.CH3.P.Y/c2-3-1-4;;;/h2H2,(H,3,4);1H3;;/q2*-1;;. The Kier molecular flexibility index (Phi) is 63.1. The molecule has 0 aromatic rings. The molecular formula is C2H6N2OPY-2. The average molecular weight is 194 g/mol. The first-order chi connectivity index (χ1) is 2.91. The van der Waals surface area contributed by atoms with Crippen molar-refractivity contribution in [3.05, 3.63) is 7.43 Å². The Morgan fingerprint density at radius 3 is 1.86 bits per heavy atom. The Bertz CT molecular complexity index is 48.2. The maximum atomic E-state index is 8.81. The SMILES string of the molecule is NN[C-]=O.[CH3-].[P]#[Y]. The number of hydrogen-bond donors (Lipinski definition) is 2. The first-order valence-electron chi connectivity index (χ1n) is 1.00. The first kappa shape index (κ1) is 15.7. The van der Waals surface area contributed by atoms with Crippen LogP contribution in [-0.4, -0.2) is 6.41 Å². The average Bonchev–Trinajstić information content (AvgIpc) is 1.72. The van der Waals surface area contributed by atoms with E-state index in [0.717, 1.165) is 29.5 Å². The Labute approximate surface area is 63.9 Å². The zero-order chi connectivity index (χ0) is 5.41. The molecule has 0 aliphatic rings. The monoisotopic (exact) mass is 194 g/mol. The summed E-state index contributed by atoms with van der Waals surface area (Å²) < 4.78 is 3.66. The van der Waals surface area contributed by atoms with E-state index in [0.29, 0.717) is 0 Å². The molecule has 0 atom stereocenters. The molecule has 0 aromatic carbocycles. The van der Waals surface area contributed by atoms with Crippen molar-refractivity contribution in [3.8, 4) is 0 Å². The van der Waals surface area contributed by atoms with Crippen LogP contribution in [0.5, 0.6) is 0 Å². The van der Waals surface area contributed by atoms with Crippen LogP contribution >= 0.6 is 4.77 Å². The van der Waals surface area contributed by atoms with Gasteiger partial charge in [-0.15, -0.1) is 0 Å². The molecule has 3 N–H and O–H groups in total. The maximum absolute atomic E-state index is 8.81. The van der Waals surface area contributed by atoms with E-state index in [4.69, 9.17) is 4.79 Å². The summed E-state index contributed by atoms with van der Waals surface area (Å²) >= 11 is 1.04. The molecule has 0 rings (SSSR count). The van der Waals surface area contributed by atoms with E-state index >= 15 is 0 Å². The summed E-state index contributed by atoms with van der Waals surface area (Å²) in [6.07, 6.45) is 1.21. The predicted octanol–water partition coefficient (Wildman–Crippen LogP) is -0.174. The Hall–Kier alpha value is 0.964. The number of amides is 1. The van der Waals surface area contributed by atoms with Crippen LogP contribution in [0.15, 0.2) is 0 Å². The minimum absolute atomic E-state index is 0. The fourth-order valence-corrected chi connectivity index (χ4v) is 0. The predicted molar refractivity (Wildman–Crippen MR) is 26.4 cm³/mol. The number of hydrogen-bond acceptors (Lipinski definition) is 2. The van der Waals surface area contributed by atoms with Crippen molar-refractivity contribution in [2.75, 3.05) is 0 Å². The number of rotatable bonds is 1. The molecule has 5 heteroatoms. The molecule has 0 fully saturated rings. The molecule has 0 spiro atoms. The van der Waals surface area contributed by atoms with Gasteiger partial charge in [0.25, 0.3) is 0 Å². The fraction of sp³-hybridized carbons (Fsp3) is 0. The molecule has 0 aliphatic heterocycles. The van der Waals surface area contributed by atoms with Gasteiger partial charge in [-0.25, -0.2) is 0 Å². The van der Waals surface area contributed by atoms with Crippen molar-refractivity contribution < 1.29 is 34.3 Å². The van der Waals surface area contributed by atoms with E-state index in [1.54, 1.807) is 5.43 Å². The number of nitrogens with one attached hydrogen (secondary N) is 1. The quantitative estimate of drug-likeness (QED) is 0.152. The van der Waals surface area contributed by atoms with Gasteiger partial charge < -0.3 is 17.6 Å². The summed E-state index contributed by atoms with van der Waals surface area (Å²) in [5.74, 6) is 4.35. The normalized spacial score (nSPS) is 3.71. The van der Waals surface area contributed by atoms with Gasteiger partial charge in [0.2, 0.25) is 0 Å². The van der Waals surface area contributed by atoms with Crippen LogP contribution in [-0.2, 0) is 34.3 Å². The van der Waals surface area contributed by atoms with Crippen LogP contribution in [0.25, 0.3) is 0 Å². The third-order valence-electron chi connectivity index (χ3n) is 0.0589. The zero-order valence-electron chi connectivity index (χ0n) is 4.01. The molecular weight excluding hydrogens is 188 g/mol. The van der Waals surface area contributed by atoms with Crippen LogP contribution in [0.3, 0.4) is 0 Å². The summed E-state index contributed by atoms with van der Waals surface area (Å²) in [6.45, 7) is 0. The molecule has 0 unspecified atom stereocenters. The van der Waals surface area contributed by atoms with Gasteiger partial charge in [0, 0.05) is 0 Å². The van der Waals surface area contributed by atoms with Crippen molar-refractivity contribution in [1.29, 1.82) is 0 Å². The second-order valence-electron chi connectivity index (χ2n) is 0.246. The van der Waals surface area contributed by atoms with E-state index < -0.39 is 0 Å². The Balaban J connectivity index is -0.0000000480.